The molecule has 4 N–H and O–H groups in total. The number of carbonyl (C=O) groups excluding carboxylic acids is 1. The lowest BCUT2D eigenvalue weighted by atomic mass is 10.3. The zero-order valence-electron chi connectivity index (χ0n) is 10.3. The minimum absolute atomic E-state index is 0.0195. The number of benzene rings is 1. The van der Waals surface area contributed by atoms with Gasteiger partial charge in [0, 0.05) is 12.1 Å². The molecule has 0 heterocycles. The second-order valence-electron chi connectivity index (χ2n) is 4.26. The number of anilines is 1. The van der Waals surface area contributed by atoms with E-state index < -0.39 is 16.1 Å². The molecular weight excluding hydrogens is 270 g/mol. The molecule has 1 fully saturated rings. The van der Waals surface area contributed by atoms with Gasteiger partial charge in [-0.15, -0.1) is 0 Å². The van der Waals surface area contributed by atoms with Gasteiger partial charge >= 0.3 is 6.03 Å². The van der Waals surface area contributed by atoms with Gasteiger partial charge in [-0.2, -0.15) is 0 Å². The second kappa shape index (κ2) is 4.96. The topological polar surface area (TPSA) is 111 Å². The first-order valence-corrected chi connectivity index (χ1v) is 7.17. The predicted octanol–water partition coefficient (Wildman–Crippen LogP) is 0.428. The van der Waals surface area contributed by atoms with Crippen LogP contribution in [0.5, 0.6) is 5.75 Å². The molecule has 0 spiro atoms. The number of ether oxygens (including phenoxy) is 1. The Labute approximate surface area is 111 Å². The largest absolute Gasteiger partial charge is 0.497 e. The first-order valence-electron chi connectivity index (χ1n) is 5.69. The third kappa shape index (κ3) is 3.28. The number of nitrogen functional groups attached to an aromatic ring is 1. The van der Waals surface area contributed by atoms with Crippen molar-refractivity contribution in [2.45, 2.75) is 23.8 Å². The molecular formula is C11H15N3O4S. The first kappa shape index (κ1) is 13.5. The van der Waals surface area contributed by atoms with E-state index in [1.165, 1.54) is 25.3 Å². The number of nitrogens with two attached hydrogens (primary N) is 1. The fourth-order valence-electron chi connectivity index (χ4n) is 1.52. The van der Waals surface area contributed by atoms with Crippen LogP contribution in [0.2, 0.25) is 0 Å². The second-order valence-corrected chi connectivity index (χ2v) is 5.91. The van der Waals surface area contributed by atoms with Gasteiger partial charge in [0.15, 0.2) is 0 Å². The van der Waals surface area contributed by atoms with Crippen LogP contribution in [0.3, 0.4) is 0 Å². The van der Waals surface area contributed by atoms with Crippen LogP contribution in [0.25, 0.3) is 0 Å². The van der Waals surface area contributed by atoms with Crippen molar-refractivity contribution >= 4 is 21.7 Å². The molecule has 19 heavy (non-hydrogen) atoms. The van der Waals surface area contributed by atoms with Crippen molar-refractivity contribution in [3.63, 3.8) is 0 Å². The van der Waals surface area contributed by atoms with E-state index in [1.54, 1.807) is 0 Å². The first-order chi connectivity index (χ1) is 8.92. The number of nitrogens with one attached hydrogen (secondary N) is 2. The molecule has 8 heteroatoms. The summed E-state index contributed by atoms with van der Waals surface area (Å²) >= 11 is 0. The standard InChI is InChI=1S/C11H15N3O4S/c1-18-8-4-5-10(9(12)6-8)19(16,17)14-11(15)13-7-2-3-7/h4-7H,2-3,12H2,1H3,(H2,13,14,15). The molecule has 0 unspecified atom stereocenters. The van der Waals surface area contributed by atoms with E-state index in [1.807, 2.05) is 4.72 Å². The van der Waals surface area contributed by atoms with Crippen molar-refractivity contribution in [1.29, 1.82) is 0 Å². The minimum atomic E-state index is -3.98. The summed E-state index contributed by atoms with van der Waals surface area (Å²) in [5.41, 5.74) is 5.66. The SMILES string of the molecule is COc1ccc(S(=O)(=O)NC(=O)NC2CC2)c(N)c1. The highest BCUT2D eigenvalue weighted by Crippen LogP contribution is 2.23. The van der Waals surface area contributed by atoms with Crippen molar-refractivity contribution in [3.05, 3.63) is 18.2 Å². The summed E-state index contributed by atoms with van der Waals surface area (Å²) in [6, 6.07) is 3.47. The van der Waals surface area contributed by atoms with Crippen molar-refractivity contribution in [3.8, 4) is 5.75 Å². The van der Waals surface area contributed by atoms with Crippen LogP contribution < -0.4 is 20.5 Å². The number of hydrogen-bond acceptors (Lipinski definition) is 5. The van der Waals surface area contributed by atoms with E-state index in [9.17, 15) is 13.2 Å². The smallest absolute Gasteiger partial charge is 0.328 e. The summed E-state index contributed by atoms with van der Waals surface area (Å²) in [5.74, 6) is 0.443. The molecule has 0 bridgehead atoms. The maximum absolute atomic E-state index is 12.0. The Kier molecular flexibility index (Phi) is 3.52. The number of urea groups is 1. The fraction of sp³-hybridized carbons (Fsp3) is 0.364. The molecule has 1 aliphatic carbocycles. The third-order valence-electron chi connectivity index (χ3n) is 2.65. The molecule has 7 nitrogen and oxygen atoms in total. The van der Waals surface area contributed by atoms with E-state index in [-0.39, 0.29) is 16.6 Å². The maximum atomic E-state index is 12.0. The minimum Gasteiger partial charge on any atom is -0.497 e. The molecule has 0 aromatic heterocycles. The number of hydrogen-bond donors (Lipinski definition) is 3. The normalized spacial score (nSPS) is 14.8. The van der Waals surface area contributed by atoms with Crippen LogP contribution in [0.1, 0.15) is 12.8 Å². The van der Waals surface area contributed by atoms with E-state index >= 15 is 0 Å². The van der Waals surface area contributed by atoms with Gasteiger partial charge in [-0.1, -0.05) is 0 Å². The summed E-state index contributed by atoms with van der Waals surface area (Å²) in [6.45, 7) is 0. The molecule has 104 valence electrons. The predicted molar refractivity (Wildman–Crippen MR) is 69.3 cm³/mol. The van der Waals surface area contributed by atoms with E-state index in [2.05, 4.69) is 5.32 Å². The number of methoxy groups -OCH3 is 1. The maximum Gasteiger partial charge on any atom is 0.328 e. The molecule has 0 radical (unpaired) electrons. The summed E-state index contributed by atoms with van der Waals surface area (Å²) in [6.07, 6.45) is 1.75. The summed E-state index contributed by atoms with van der Waals surface area (Å²) < 4.78 is 30.8. The zero-order valence-corrected chi connectivity index (χ0v) is 11.2. The van der Waals surface area contributed by atoms with Crippen molar-refractivity contribution in [1.82, 2.24) is 10.0 Å². The van der Waals surface area contributed by atoms with Gasteiger partial charge in [-0.25, -0.2) is 17.9 Å². The Morgan fingerprint density at radius 1 is 1.42 bits per heavy atom. The van der Waals surface area contributed by atoms with Crippen LogP contribution in [0.15, 0.2) is 23.1 Å². The van der Waals surface area contributed by atoms with Gasteiger partial charge < -0.3 is 15.8 Å². The van der Waals surface area contributed by atoms with Crippen LogP contribution in [-0.4, -0.2) is 27.6 Å². The molecule has 1 aromatic rings. The molecule has 0 atom stereocenters. The van der Waals surface area contributed by atoms with E-state index in [0.717, 1.165) is 12.8 Å². The molecule has 2 rings (SSSR count). The lowest BCUT2D eigenvalue weighted by Gasteiger charge is -2.10. The lowest BCUT2D eigenvalue weighted by Crippen LogP contribution is -2.40. The Morgan fingerprint density at radius 2 is 2.11 bits per heavy atom. The van der Waals surface area contributed by atoms with Gasteiger partial charge in [-0.3, -0.25) is 0 Å². The number of rotatable bonds is 4. The monoisotopic (exact) mass is 285 g/mol. The average Bonchev–Trinajstić information content (AvgIpc) is 3.11. The summed E-state index contributed by atoms with van der Waals surface area (Å²) in [4.78, 5) is 11.3. The Morgan fingerprint density at radius 3 is 2.63 bits per heavy atom. The van der Waals surface area contributed by atoms with Gasteiger partial charge in [-0.05, 0) is 25.0 Å². The van der Waals surface area contributed by atoms with Crippen LogP contribution in [-0.2, 0) is 10.0 Å². The molecule has 1 aromatic carbocycles. The van der Waals surface area contributed by atoms with Crippen molar-refractivity contribution in [2.75, 3.05) is 12.8 Å². The fourth-order valence-corrected chi connectivity index (χ4v) is 2.55. The van der Waals surface area contributed by atoms with Crippen molar-refractivity contribution in [2.24, 2.45) is 0 Å². The number of amides is 2. The summed E-state index contributed by atoms with van der Waals surface area (Å²) in [7, 11) is -2.53. The third-order valence-corrected chi connectivity index (χ3v) is 4.05. The average molecular weight is 285 g/mol. The molecule has 0 aliphatic heterocycles. The van der Waals surface area contributed by atoms with Gasteiger partial charge in [0.05, 0.1) is 12.8 Å². The Bertz CT molecular complexity index is 596. The highest BCUT2D eigenvalue weighted by Gasteiger charge is 2.26. The Hall–Kier alpha value is -1.96. The highest BCUT2D eigenvalue weighted by molar-refractivity contribution is 7.90. The van der Waals surface area contributed by atoms with E-state index in [0.29, 0.717) is 5.75 Å². The van der Waals surface area contributed by atoms with Gasteiger partial charge in [0.25, 0.3) is 10.0 Å². The van der Waals surface area contributed by atoms with E-state index in [4.69, 9.17) is 10.5 Å². The molecule has 2 amide bonds. The van der Waals surface area contributed by atoms with Crippen LogP contribution in [0.4, 0.5) is 10.5 Å². The van der Waals surface area contributed by atoms with Gasteiger partial charge in [0.2, 0.25) is 0 Å². The van der Waals surface area contributed by atoms with Gasteiger partial charge in [0.1, 0.15) is 10.6 Å². The zero-order chi connectivity index (χ0) is 14.0. The summed E-state index contributed by atoms with van der Waals surface area (Å²) in [5, 5.41) is 2.53. The number of carbonyl (C=O) groups is 1. The molecule has 1 aliphatic rings. The molecule has 0 saturated heterocycles. The lowest BCUT2D eigenvalue weighted by molar-refractivity contribution is 0.245. The van der Waals surface area contributed by atoms with Crippen LogP contribution >= 0.6 is 0 Å². The Balaban J connectivity index is 2.16. The highest BCUT2D eigenvalue weighted by atomic mass is 32.2. The van der Waals surface area contributed by atoms with Crippen LogP contribution in [0, 0.1) is 0 Å². The quantitative estimate of drug-likeness (QED) is 0.695. The number of sulfonamides is 1. The molecule has 1 saturated carbocycles. The van der Waals surface area contributed by atoms with Crippen molar-refractivity contribution < 1.29 is 17.9 Å².